The topological polar surface area (TPSA) is 75.6 Å². The number of aliphatic hydroxyl groups excluding tert-OH is 1. The molecule has 0 unspecified atom stereocenters. The fraction of sp³-hybridized carbons (Fsp3) is 0.231. The summed E-state index contributed by atoms with van der Waals surface area (Å²) in [5, 5.41) is 11.2. The Kier molecular flexibility index (Phi) is 5.69. The van der Waals surface area contributed by atoms with Crippen LogP contribution in [0.5, 0.6) is 0 Å². The molecule has 0 aliphatic carbocycles. The lowest BCUT2D eigenvalue weighted by atomic mass is 10.2. The Morgan fingerprint density at radius 3 is 2.58 bits per heavy atom. The van der Waals surface area contributed by atoms with Gasteiger partial charge in [-0.3, -0.25) is 4.79 Å². The van der Waals surface area contributed by atoms with E-state index in [9.17, 15) is 14.0 Å². The number of amides is 1. The highest BCUT2D eigenvalue weighted by molar-refractivity contribution is 5.94. The number of ether oxygens (including phenoxy) is 1. The summed E-state index contributed by atoms with van der Waals surface area (Å²) in [6.45, 7) is -0.553. The summed E-state index contributed by atoms with van der Waals surface area (Å²) in [6, 6.07) is 4.44. The highest BCUT2D eigenvalue weighted by Crippen LogP contribution is 2.04. The van der Waals surface area contributed by atoms with E-state index in [2.05, 4.69) is 10.1 Å². The van der Waals surface area contributed by atoms with Crippen molar-refractivity contribution in [3.8, 4) is 0 Å². The number of carbonyl (C=O) groups is 2. The van der Waals surface area contributed by atoms with Gasteiger partial charge in [0.2, 0.25) is 5.91 Å². The SMILES string of the molecule is COC(=O)[C@H](CO)NC(=O)/C=C/c1ccc(F)cc1. The van der Waals surface area contributed by atoms with Crippen molar-refractivity contribution in [2.75, 3.05) is 13.7 Å². The molecule has 19 heavy (non-hydrogen) atoms. The smallest absolute Gasteiger partial charge is 0.330 e. The van der Waals surface area contributed by atoms with Crippen molar-refractivity contribution < 1.29 is 23.8 Å². The van der Waals surface area contributed by atoms with Crippen LogP contribution < -0.4 is 5.32 Å². The largest absolute Gasteiger partial charge is 0.467 e. The van der Waals surface area contributed by atoms with Gasteiger partial charge in [0.25, 0.3) is 0 Å². The van der Waals surface area contributed by atoms with Gasteiger partial charge in [-0.1, -0.05) is 12.1 Å². The third-order valence-electron chi connectivity index (χ3n) is 2.28. The molecule has 0 bridgehead atoms. The van der Waals surface area contributed by atoms with Gasteiger partial charge in [0.1, 0.15) is 5.82 Å². The molecule has 1 atom stereocenters. The fourth-order valence-electron chi connectivity index (χ4n) is 1.29. The van der Waals surface area contributed by atoms with Crippen LogP contribution in [0.2, 0.25) is 0 Å². The number of benzene rings is 1. The predicted octanol–water partition coefficient (Wildman–Crippen LogP) is 0.489. The summed E-state index contributed by atoms with van der Waals surface area (Å²) >= 11 is 0. The quantitative estimate of drug-likeness (QED) is 0.601. The lowest BCUT2D eigenvalue weighted by Gasteiger charge is -2.11. The van der Waals surface area contributed by atoms with Gasteiger partial charge in [-0.25, -0.2) is 9.18 Å². The summed E-state index contributed by atoms with van der Waals surface area (Å²) in [4.78, 5) is 22.6. The fourth-order valence-corrected chi connectivity index (χ4v) is 1.29. The van der Waals surface area contributed by atoms with E-state index < -0.39 is 24.5 Å². The maximum atomic E-state index is 12.6. The summed E-state index contributed by atoms with van der Waals surface area (Å²) in [6.07, 6.45) is 2.64. The lowest BCUT2D eigenvalue weighted by molar-refractivity contribution is -0.145. The second-order valence-electron chi connectivity index (χ2n) is 3.65. The molecule has 0 saturated carbocycles. The minimum absolute atomic E-state index is 0.368. The van der Waals surface area contributed by atoms with E-state index in [1.165, 1.54) is 36.4 Å². The van der Waals surface area contributed by atoms with Crippen LogP contribution in [0.15, 0.2) is 30.3 Å². The van der Waals surface area contributed by atoms with Gasteiger partial charge >= 0.3 is 5.97 Å². The molecule has 102 valence electrons. The van der Waals surface area contributed by atoms with Crippen LogP contribution in [-0.4, -0.2) is 36.7 Å². The Balaban J connectivity index is 2.59. The van der Waals surface area contributed by atoms with E-state index in [1.807, 2.05) is 0 Å². The van der Waals surface area contributed by atoms with Crippen LogP contribution in [0.1, 0.15) is 5.56 Å². The summed E-state index contributed by atoms with van der Waals surface area (Å²) < 4.78 is 17.0. The number of methoxy groups -OCH3 is 1. The van der Waals surface area contributed by atoms with E-state index in [1.54, 1.807) is 0 Å². The van der Waals surface area contributed by atoms with Crippen LogP contribution in [0, 0.1) is 5.82 Å². The average molecular weight is 267 g/mol. The Morgan fingerprint density at radius 1 is 1.42 bits per heavy atom. The number of aliphatic hydroxyl groups is 1. The molecule has 0 aromatic heterocycles. The van der Waals surface area contributed by atoms with Crippen LogP contribution in [0.25, 0.3) is 6.08 Å². The molecule has 2 N–H and O–H groups in total. The second-order valence-corrected chi connectivity index (χ2v) is 3.65. The van der Waals surface area contributed by atoms with Crippen molar-refractivity contribution in [2.45, 2.75) is 6.04 Å². The second kappa shape index (κ2) is 7.27. The molecular formula is C13H14FNO4. The highest BCUT2D eigenvalue weighted by atomic mass is 19.1. The maximum absolute atomic E-state index is 12.6. The number of carbonyl (C=O) groups excluding carboxylic acids is 2. The van der Waals surface area contributed by atoms with Gasteiger partial charge in [0, 0.05) is 6.08 Å². The standard InChI is InChI=1S/C13H14FNO4/c1-19-13(18)11(8-16)15-12(17)7-4-9-2-5-10(14)6-3-9/h2-7,11,16H,8H2,1H3,(H,15,17)/b7-4+/t11-/m0/s1. The summed E-state index contributed by atoms with van der Waals surface area (Å²) in [7, 11) is 1.16. The van der Waals surface area contributed by atoms with Gasteiger partial charge in [0.15, 0.2) is 6.04 Å². The first-order valence-electron chi connectivity index (χ1n) is 5.49. The van der Waals surface area contributed by atoms with Gasteiger partial charge < -0.3 is 15.2 Å². The van der Waals surface area contributed by atoms with Crippen molar-refractivity contribution in [3.05, 3.63) is 41.7 Å². The Morgan fingerprint density at radius 2 is 2.05 bits per heavy atom. The minimum Gasteiger partial charge on any atom is -0.467 e. The number of nitrogens with one attached hydrogen (secondary N) is 1. The van der Waals surface area contributed by atoms with Crippen molar-refractivity contribution in [3.63, 3.8) is 0 Å². The van der Waals surface area contributed by atoms with Gasteiger partial charge in [-0.2, -0.15) is 0 Å². The van der Waals surface area contributed by atoms with Crippen molar-refractivity contribution in [1.82, 2.24) is 5.32 Å². The van der Waals surface area contributed by atoms with Crippen LogP contribution in [-0.2, 0) is 14.3 Å². The lowest BCUT2D eigenvalue weighted by Crippen LogP contribution is -2.43. The monoisotopic (exact) mass is 267 g/mol. The van der Waals surface area contributed by atoms with Crippen molar-refractivity contribution in [2.24, 2.45) is 0 Å². The summed E-state index contributed by atoms with van der Waals surface area (Å²) in [5.74, 6) is -1.66. The summed E-state index contributed by atoms with van der Waals surface area (Å²) in [5.41, 5.74) is 0.634. The average Bonchev–Trinajstić information content (AvgIpc) is 2.43. The molecule has 0 radical (unpaired) electrons. The van der Waals surface area contributed by atoms with E-state index in [0.29, 0.717) is 5.56 Å². The Labute approximate surface area is 109 Å². The first kappa shape index (κ1) is 14.8. The Bertz CT molecular complexity index is 470. The number of hydrogen-bond donors (Lipinski definition) is 2. The zero-order valence-electron chi connectivity index (χ0n) is 10.3. The minimum atomic E-state index is -1.10. The molecule has 0 aliphatic rings. The third kappa shape index (κ3) is 4.89. The zero-order chi connectivity index (χ0) is 14.3. The van der Waals surface area contributed by atoms with Crippen LogP contribution in [0.3, 0.4) is 0 Å². The molecule has 6 heteroatoms. The van der Waals surface area contributed by atoms with E-state index >= 15 is 0 Å². The molecule has 0 aliphatic heterocycles. The molecule has 0 heterocycles. The molecule has 1 amide bonds. The Hall–Kier alpha value is -2.21. The van der Waals surface area contributed by atoms with Gasteiger partial charge in [0.05, 0.1) is 13.7 Å². The van der Waals surface area contributed by atoms with E-state index in [4.69, 9.17) is 5.11 Å². The molecule has 1 aromatic carbocycles. The van der Waals surface area contributed by atoms with Crippen LogP contribution in [0.4, 0.5) is 4.39 Å². The first-order chi connectivity index (χ1) is 9.06. The zero-order valence-corrected chi connectivity index (χ0v) is 10.3. The van der Waals surface area contributed by atoms with E-state index in [-0.39, 0.29) is 5.82 Å². The molecule has 0 spiro atoms. The van der Waals surface area contributed by atoms with E-state index in [0.717, 1.165) is 7.11 Å². The number of esters is 1. The number of rotatable bonds is 5. The normalized spacial score (nSPS) is 12.2. The van der Waals surface area contributed by atoms with Crippen molar-refractivity contribution in [1.29, 1.82) is 0 Å². The number of halogens is 1. The molecule has 0 fully saturated rings. The third-order valence-corrected chi connectivity index (χ3v) is 2.28. The van der Waals surface area contributed by atoms with Gasteiger partial charge in [-0.05, 0) is 23.8 Å². The molecule has 0 saturated heterocycles. The maximum Gasteiger partial charge on any atom is 0.330 e. The molecular weight excluding hydrogens is 253 g/mol. The number of hydrogen-bond acceptors (Lipinski definition) is 4. The molecule has 5 nitrogen and oxygen atoms in total. The molecule has 1 aromatic rings. The predicted molar refractivity (Wildman–Crippen MR) is 66.5 cm³/mol. The highest BCUT2D eigenvalue weighted by Gasteiger charge is 2.18. The van der Waals surface area contributed by atoms with Crippen LogP contribution >= 0.6 is 0 Å². The van der Waals surface area contributed by atoms with Crippen molar-refractivity contribution >= 4 is 18.0 Å². The van der Waals surface area contributed by atoms with Gasteiger partial charge in [-0.15, -0.1) is 0 Å². The molecule has 1 rings (SSSR count). The first-order valence-corrected chi connectivity index (χ1v) is 5.49.